The lowest BCUT2D eigenvalue weighted by Gasteiger charge is -2.06. The van der Waals surface area contributed by atoms with E-state index in [0.717, 1.165) is 27.6 Å². The Bertz CT molecular complexity index is 911. The van der Waals surface area contributed by atoms with Gasteiger partial charge in [0.05, 0.1) is 0 Å². The number of hydrogen-bond acceptors (Lipinski definition) is 3. The third-order valence-corrected chi connectivity index (χ3v) is 4.34. The second-order valence-corrected chi connectivity index (χ2v) is 5.89. The van der Waals surface area contributed by atoms with Gasteiger partial charge >= 0.3 is 0 Å². The molecule has 0 bridgehead atoms. The standard InChI is InChI=1S/C17H12FN3S/c18-13-7-5-12(6-8-13)11-15-20-14-3-1-9-19-17(14)21(15)16-4-2-10-22-16/h1-10H,11H2. The Kier molecular flexibility index (Phi) is 3.20. The number of pyridine rings is 1. The first kappa shape index (κ1) is 13.2. The lowest BCUT2D eigenvalue weighted by atomic mass is 10.1. The van der Waals surface area contributed by atoms with Gasteiger partial charge < -0.3 is 0 Å². The van der Waals surface area contributed by atoms with Crippen LogP contribution in [0, 0.1) is 5.82 Å². The Balaban J connectivity index is 1.86. The average Bonchev–Trinajstić information content (AvgIpc) is 3.16. The molecule has 0 radical (unpaired) electrons. The molecule has 0 spiro atoms. The molecule has 3 aromatic heterocycles. The molecule has 4 rings (SSSR count). The first-order valence-electron chi connectivity index (χ1n) is 6.92. The maximum Gasteiger partial charge on any atom is 0.165 e. The van der Waals surface area contributed by atoms with E-state index < -0.39 is 0 Å². The van der Waals surface area contributed by atoms with E-state index in [1.165, 1.54) is 12.1 Å². The fourth-order valence-electron chi connectivity index (χ4n) is 2.49. The van der Waals surface area contributed by atoms with Gasteiger partial charge in [0.15, 0.2) is 5.65 Å². The van der Waals surface area contributed by atoms with Crippen molar-refractivity contribution in [1.82, 2.24) is 14.5 Å². The van der Waals surface area contributed by atoms with Gasteiger partial charge in [-0.15, -0.1) is 11.3 Å². The van der Waals surface area contributed by atoms with Gasteiger partial charge in [0.2, 0.25) is 0 Å². The molecule has 108 valence electrons. The van der Waals surface area contributed by atoms with E-state index >= 15 is 0 Å². The first-order valence-corrected chi connectivity index (χ1v) is 7.80. The molecule has 1 aromatic carbocycles. The molecule has 0 amide bonds. The van der Waals surface area contributed by atoms with Gasteiger partial charge in [-0.25, -0.2) is 14.4 Å². The monoisotopic (exact) mass is 309 g/mol. The number of benzene rings is 1. The van der Waals surface area contributed by atoms with Crippen molar-refractivity contribution in [2.45, 2.75) is 6.42 Å². The van der Waals surface area contributed by atoms with Gasteiger partial charge in [-0.3, -0.25) is 4.57 Å². The molecule has 0 saturated carbocycles. The van der Waals surface area contributed by atoms with Gasteiger partial charge in [-0.05, 0) is 47.3 Å². The summed E-state index contributed by atoms with van der Waals surface area (Å²) in [7, 11) is 0. The molecule has 4 aromatic rings. The molecule has 0 unspecified atom stereocenters. The third-order valence-electron chi connectivity index (χ3n) is 3.49. The molecule has 3 heterocycles. The second-order valence-electron chi connectivity index (χ2n) is 4.96. The van der Waals surface area contributed by atoms with Crippen LogP contribution in [0.15, 0.2) is 60.1 Å². The Morgan fingerprint density at radius 3 is 2.68 bits per heavy atom. The molecule has 0 aliphatic rings. The maximum absolute atomic E-state index is 13.1. The predicted molar refractivity (Wildman–Crippen MR) is 85.9 cm³/mol. The molecule has 0 saturated heterocycles. The van der Waals surface area contributed by atoms with Gasteiger partial charge in [0.1, 0.15) is 22.2 Å². The van der Waals surface area contributed by atoms with Crippen LogP contribution in [0.25, 0.3) is 16.2 Å². The van der Waals surface area contributed by atoms with Crippen molar-refractivity contribution in [3.05, 3.63) is 77.3 Å². The van der Waals surface area contributed by atoms with E-state index in [-0.39, 0.29) is 5.82 Å². The second kappa shape index (κ2) is 5.35. The SMILES string of the molecule is Fc1ccc(Cc2nc3cccnc3n2-c2cccs2)cc1. The number of aromatic nitrogens is 3. The van der Waals surface area contributed by atoms with Crippen molar-refractivity contribution < 1.29 is 4.39 Å². The predicted octanol–water partition coefficient (Wildman–Crippen LogP) is 4.21. The molecule has 5 heteroatoms. The molecule has 0 fully saturated rings. The summed E-state index contributed by atoms with van der Waals surface area (Å²) in [6.45, 7) is 0. The van der Waals surface area contributed by atoms with Crippen molar-refractivity contribution in [2.75, 3.05) is 0 Å². The normalized spacial score (nSPS) is 11.1. The smallest absolute Gasteiger partial charge is 0.165 e. The van der Waals surface area contributed by atoms with Gasteiger partial charge in [0.25, 0.3) is 0 Å². The number of nitrogens with zero attached hydrogens (tertiary/aromatic N) is 3. The summed E-state index contributed by atoms with van der Waals surface area (Å²) in [5, 5.41) is 3.12. The van der Waals surface area contributed by atoms with Crippen LogP contribution in [-0.2, 0) is 6.42 Å². The zero-order valence-electron chi connectivity index (χ0n) is 11.6. The zero-order valence-corrected chi connectivity index (χ0v) is 12.4. The molecule has 3 nitrogen and oxygen atoms in total. The van der Waals surface area contributed by atoms with Crippen LogP contribution in [0.5, 0.6) is 0 Å². The van der Waals surface area contributed by atoms with Gasteiger partial charge in [-0.2, -0.15) is 0 Å². The Labute approximate surface area is 130 Å². The average molecular weight is 309 g/mol. The zero-order chi connectivity index (χ0) is 14.9. The van der Waals surface area contributed by atoms with Crippen LogP contribution in [0.4, 0.5) is 4.39 Å². The minimum Gasteiger partial charge on any atom is -0.271 e. The quantitative estimate of drug-likeness (QED) is 0.567. The van der Waals surface area contributed by atoms with E-state index in [2.05, 4.69) is 15.6 Å². The minimum absolute atomic E-state index is 0.225. The summed E-state index contributed by atoms with van der Waals surface area (Å²) in [5.41, 5.74) is 2.74. The highest BCUT2D eigenvalue weighted by atomic mass is 32.1. The molecular weight excluding hydrogens is 297 g/mol. The lowest BCUT2D eigenvalue weighted by molar-refractivity contribution is 0.627. The number of fused-ring (bicyclic) bond motifs is 1. The topological polar surface area (TPSA) is 30.7 Å². The molecular formula is C17H12FN3S. The largest absolute Gasteiger partial charge is 0.271 e. The first-order chi connectivity index (χ1) is 10.8. The van der Waals surface area contributed by atoms with Crippen molar-refractivity contribution in [3.63, 3.8) is 0 Å². The maximum atomic E-state index is 13.1. The highest BCUT2D eigenvalue weighted by Crippen LogP contribution is 2.24. The van der Waals surface area contributed by atoms with Crippen molar-refractivity contribution >= 4 is 22.5 Å². The third kappa shape index (κ3) is 2.29. The van der Waals surface area contributed by atoms with E-state index in [0.29, 0.717) is 6.42 Å². The molecule has 0 aliphatic carbocycles. The summed E-state index contributed by atoms with van der Waals surface area (Å²) in [6.07, 6.45) is 2.41. The Morgan fingerprint density at radius 1 is 1.05 bits per heavy atom. The number of thiophene rings is 1. The summed E-state index contributed by atoms with van der Waals surface area (Å²) >= 11 is 1.65. The number of halogens is 1. The van der Waals surface area contributed by atoms with Gasteiger partial charge in [0, 0.05) is 12.6 Å². The number of rotatable bonds is 3. The molecule has 0 atom stereocenters. The van der Waals surface area contributed by atoms with Crippen LogP contribution in [-0.4, -0.2) is 14.5 Å². The summed E-state index contributed by atoms with van der Waals surface area (Å²) < 4.78 is 15.1. The van der Waals surface area contributed by atoms with Crippen molar-refractivity contribution in [1.29, 1.82) is 0 Å². The van der Waals surface area contributed by atoms with E-state index in [1.54, 1.807) is 29.7 Å². The van der Waals surface area contributed by atoms with Gasteiger partial charge in [-0.1, -0.05) is 12.1 Å². The highest BCUT2D eigenvalue weighted by molar-refractivity contribution is 7.12. The van der Waals surface area contributed by atoms with Crippen LogP contribution in [0.3, 0.4) is 0 Å². The van der Waals surface area contributed by atoms with E-state index in [9.17, 15) is 4.39 Å². The summed E-state index contributed by atoms with van der Waals surface area (Å²) in [5.74, 6) is 0.680. The van der Waals surface area contributed by atoms with Crippen molar-refractivity contribution in [3.8, 4) is 5.00 Å². The fourth-order valence-corrected chi connectivity index (χ4v) is 3.24. The Morgan fingerprint density at radius 2 is 1.91 bits per heavy atom. The minimum atomic E-state index is -0.225. The van der Waals surface area contributed by atoms with Crippen molar-refractivity contribution in [2.24, 2.45) is 0 Å². The van der Waals surface area contributed by atoms with Crippen LogP contribution >= 0.6 is 11.3 Å². The highest BCUT2D eigenvalue weighted by Gasteiger charge is 2.14. The lowest BCUT2D eigenvalue weighted by Crippen LogP contribution is -2.01. The summed E-state index contributed by atoms with van der Waals surface area (Å²) in [4.78, 5) is 9.16. The molecule has 0 aliphatic heterocycles. The fraction of sp³-hybridized carbons (Fsp3) is 0.0588. The van der Waals surface area contributed by atoms with Crippen LogP contribution in [0.2, 0.25) is 0 Å². The van der Waals surface area contributed by atoms with E-state index in [1.807, 2.05) is 23.6 Å². The number of imidazole rings is 1. The van der Waals surface area contributed by atoms with E-state index in [4.69, 9.17) is 4.98 Å². The number of hydrogen-bond donors (Lipinski definition) is 0. The Hall–Kier alpha value is -2.53. The van der Waals surface area contributed by atoms with Crippen LogP contribution in [0.1, 0.15) is 11.4 Å². The summed E-state index contributed by atoms with van der Waals surface area (Å²) in [6, 6.07) is 14.4. The molecule has 0 N–H and O–H groups in total. The molecule has 22 heavy (non-hydrogen) atoms. The van der Waals surface area contributed by atoms with Crippen LogP contribution < -0.4 is 0 Å².